The fraction of sp³-hybridized carbons (Fsp3) is 0.800. The van der Waals surface area contributed by atoms with Gasteiger partial charge in [0.25, 0.3) is 0 Å². The van der Waals surface area contributed by atoms with E-state index in [0.717, 1.165) is 25.7 Å². The summed E-state index contributed by atoms with van der Waals surface area (Å²) in [5.41, 5.74) is 0.689. The lowest BCUT2D eigenvalue weighted by atomic mass is 9.89. The molecule has 0 aromatic heterocycles. The van der Waals surface area contributed by atoms with Crippen LogP contribution >= 0.6 is 0 Å². The first kappa shape index (κ1) is 14.2. The lowest BCUT2D eigenvalue weighted by Gasteiger charge is -2.31. The highest BCUT2D eigenvalue weighted by molar-refractivity contribution is 5.92. The monoisotopic (exact) mass is 282 g/mol. The van der Waals surface area contributed by atoms with Gasteiger partial charge in [-0.25, -0.2) is 0 Å². The van der Waals surface area contributed by atoms with Crippen LogP contribution < -0.4 is 0 Å². The zero-order chi connectivity index (χ0) is 14.2. The Kier molecular flexibility index (Phi) is 3.95. The van der Waals surface area contributed by atoms with Crippen molar-refractivity contribution in [2.45, 2.75) is 62.6 Å². The Balaban J connectivity index is 1.78. The largest absolute Gasteiger partial charge is 0.384 e. The van der Waals surface area contributed by atoms with E-state index in [1.807, 2.05) is 6.08 Å². The average molecular weight is 282 g/mol. The SMILES string of the molecule is COCCC1=C[C@@H]2OC3(CCCCC3)O[C@@H]2C(=O)C1O. The summed E-state index contributed by atoms with van der Waals surface area (Å²) in [6, 6.07) is 0. The van der Waals surface area contributed by atoms with E-state index < -0.39 is 18.0 Å². The van der Waals surface area contributed by atoms with Crippen LogP contribution in [0.2, 0.25) is 0 Å². The Bertz CT molecular complexity index is 410. The molecule has 3 aliphatic rings. The lowest BCUT2D eigenvalue weighted by molar-refractivity contribution is -0.192. The number of rotatable bonds is 3. The molecule has 1 aliphatic heterocycles. The number of ketones is 1. The van der Waals surface area contributed by atoms with Gasteiger partial charge in [0.15, 0.2) is 17.7 Å². The topological polar surface area (TPSA) is 65.0 Å². The van der Waals surface area contributed by atoms with Crippen molar-refractivity contribution in [1.29, 1.82) is 0 Å². The van der Waals surface area contributed by atoms with Gasteiger partial charge in [0.05, 0.1) is 6.61 Å². The highest BCUT2D eigenvalue weighted by Gasteiger charge is 2.53. The molecular weight excluding hydrogens is 260 g/mol. The van der Waals surface area contributed by atoms with Gasteiger partial charge >= 0.3 is 0 Å². The molecule has 5 nitrogen and oxygen atoms in total. The minimum atomic E-state index is -1.08. The van der Waals surface area contributed by atoms with Crippen LogP contribution in [0.1, 0.15) is 38.5 Å². The molecule has 3 rings (SSSR count). The first-order chi connectivity index (χ1) is 9.65. The molecule has 3 atom stereocenters. The second-order valence-corrected chi connectivity index (χ2v) is 5.88. The average Bonchev–Trinajstić information content (AvgIpc) is 2.80. The third-order valence-corrected chi connectivity index (χ3v) is 4.48. The van der Waals surface area contributed by atoms with Crippen molar-refractivity contribution >= 4 is 5.78 Å². The number of ether oxygens (including phenoxy) is 3. The molecule has 0 amide bonds. The molecule has 0 bridgehead atoms. The third kappa shape index (κ3) is 2.44. The first-order valence-corrected chi connectivity index (χ1v) is 7.42. The van der Waals surface area contributed by atoms with E-state index in [9.17, 15) is 9.90 Å². The number of carbonyl (C=O) groups is 1. The maximum Gasteiger partial charge on any atom is 0.197 e. The maximum absolute atomic E-state index is 12.3. The highest BCUT2D eigenvalue weighted by atomic mass is 16.8. The summed E-state index contributed by atoms with van der Waals surface area (Å²) in [4.78, 5) is 12.3. The number of Topliss-reactive ketones (excluding diaryl/α,β-unsaturated/α-hetero) is 1. The Labute approximate surface area is 118 Å². The lowest BCUT2D eigenvalue weighted by Crippen LogP contribution is -2.43. The van der Waals surface area contributed by atoms with Gasteiger partial charge < -0.3 is 19.3 Å². The van der Waals surface area contributed by atoms with Crippen molar-refractivity contribution in [2.75, 3.05) is 13.7 Å². The molecule has 0 radical (unpaired) electrons. The maximum atomic E-state index is 12.3. The zero-order valence-corrected chi connectivity index (χ0v) is 11.8. The summed E-state index contributed by atoms with van der Waals surface area (Å²) in [6.45, 7) is 0.486. The molecule has 2 fully saturated rings. The second-order valence-electron chi connectivity index (χ2n) is 5.88. The van der Waals surface area contributed by atoms with Gasteiger partial charge in [0.1, 0.15) is 12.2 Å². The third-order valence-electron chi connectivity index (χ3n) is 4.48. The van der Waals surface area contributed by atoms with Gasteiger partial charge in [0, 0.05) is 20.0 Å². The summed E-state index contributed by atoms with van der Waals surface area (Å²) in [6.07, 6.45) is 5.33. The van der Waals surface area contributed by atoms with Crippen LogP contribution in [0.3, 0.4) is 0 Å². The molecule has 112 valence electrons. The first-order valence-electron chi connectivity index (χ1n) is 7.42. The Hall–Kier alpha value is -0.750. The molecular formula is C15H22O5. The molecule has 5 heteroatoms. The Morgan fingerprint density at radius 1 is 1.35 bits per heavy atom. The molecule has 2 aliphatic carbocycles. The van der Waals surface area contributed by atoms with Crippen LogP contribution in [-0.2, 0) is 19.0 Å². The summed E-state index contributed by atoms with van der Waals surface area (Å²) < 4.78 is 17.0. The quantitative estimate of drug-likeness (QED) is 0.791. The summed E-state index contributed by atoms with van der Waals surface area (Å²) >= 11 is 0. The van der Waals surface area contributed by atoms with Gasteiger partial charge in [-0.1, -0.05) is 12.5 Å². The Morgan fingerprint density at radius 3 is 2.80 bits per heavy atom. The molecule has 0 aromatic carbocycles. The van der Waals surface area contributed by atoms with E-state index in [1.54, 1.807) is 7.11 Å². The van der Waals surface area contributed by atoms with Crippen LogP contribution in [-0.4, -0.2) is 48.7 Å². The van der Waals surface area contributed by atoms with Crippen molar-refractivity contribution < 1.29 is 24.1 Å². The number of hydrogen-bond acceptors (Lipinski definition) is 5. The van der Waals surface area contributed by atoms with Crippen molar-refractivity contribution in [3.05, 3.63) is 11.6 Å². The Morgan fingerprint density at radius 2 is 2.10 bits per heavy atom. The number of hydrogen-bond donors (Lipinski definition) is 1. The number of methoxy groups -OCH3 is 1. The van der Waals surface area contributed by atoms with E-state index in [2.05, 4.69) is 0 Å². The van der Waals surface area contributed by atoms with Crippen LogP contribution in [0, 0.1) is 0 Å². The molecule has 1 saturated heterocycles. The van der Waals surface area contributed by atoms with Crippen molar-refractivity contribution in [3.63, 3.8) is 0 Å². The van der Waals surface area contributed by atoms with Crippen molar-refractivity contribution in [1.82, 2.24) is 0 Å². The van der Waals surface area contributed by atoms with Gasteiger partial charge in [-0.15, -0.1) is 0 Å². The fourth-order valence-electron chi connectivity index (χ4n) is 3.38. The minimum Gasteiger partial charge on any atom is -0.384 e. The van der Waals surface area contributed by atoms with Gasteiger partial charge in [-0.2, -0.15) is 0 Å². The normalized spacial score (nSPS) is 36.0. The predicted octanol–water partition coefficient (Wildman–Crippen LogP) is 1.34. The zero-order valence-electron chi connectivity index (χ0n) is 11.8. The van der Waals surface area contributed by atoms with Crippen molar-refractivity contribution in [3.8, 4) is 0 Å². The molecule has 1 N–H and O–H groups in total. The van der Waals surface area contributed by atoms with Crippen LogP contribution in [0.25, 0.3) is 0 Å². The molecule has 0 aromatic rings. The van der Waals surface area contributed by atoms with Gasteiger partial charge in [-0.3, -0.25) is 4.79 Å². The molecule has 1 heterocycles. The summed E-state index contributed by atoms with van der Waals surface area (Å²) in [5.74, 6) is -0.873. The number of aliphatic hydroxyl groups is 1. The van der Waals surface area contributed by atoms with E-state index in [0.29, 0.717) is 18.6 Å². The number of aliphatic hydroxyl groups excluding tert-OH is 1. The number of carbonyl (C=O) groups excluding carboxylic acids is 1. The molecule has 1 saturated carbocycles. The molecule has 1 spiro atoms. The van der Waals surface area contributed by atoms with Crippen molar-refractivity contribution in [2.24, 2.45) is 0 Å². The predicted molar refractivity (Wildman–Crippen MR) is 71.2 cm³/mol. The van der Waals surface area contributed by atoms with Crippen LogP contribution in [0.4, 0.5) is 0 Å². The van der Waals surface area contributed by atoms with E-state index >= 15 is 0 Å². The minimum absolute atomic E-state index is 0.272. The van der Waals surface area contributed by atoms with Gasteiger partial charge in [0.2, 0.25) is 0 Å². The van der Waals surface area contributed by atoms with Crippen LogP contribution in [0.5, 0.6) is 0 Å². The summed E-state index contributed by atoms with van der Waals surface area (Å²) in [5, 5.41) is 10.1. The smallest absolute Gasteiger partial charge is 0.197 e. The number of fused-ring (bicyclic) bond motifs is 1. The fourth-order valence-corrected chi connectivity index (χ4v) is 3.38. The highest BCUT2D eigenvalue weighted by Crippen LogP contribution is 2.43. The van der Waals surface area contributed by atoms with E-state index in [1.165, 1.54) is 6.42 Å². The standard InChI is InChI=1S/C15H22O5/c1-18-8-5-10-9-11-14(13(17)12(10)16)20-15(19-11)6-3-2-4-7-15/h9,11-12,14,16H,2-8H2,1H3/t11-,12?,14-/m0/s1. The van der Waals surface area contributed by atoms with E-state index in [-0.39, 0.29) is 11.9 Å². The second kappa shape index (κ2) is 5.56. The van der Waals surface area contributed by atoms with Crippen LogP contribution in [0.15, 0.2) is 11.6 Å². The molecule has 20 heavy (non-hydrogen) atoms. The summed E-state index contributed by atoms with van der Waals surface area (Å²) in [7, 11) is 1.60. The van der Waals surface area contributed by atoms with E-state index in [4.69, 9.17) is 14.2 Å². The molecule has 1 unspecified atom stereocenters. The van der Waals surface area contributed by atoms with Gasteiger partial charge in [-0.05, 0) is 24.8 Å².